The molecule has 0 saturated heterocycles. The molecule has 2 rings (SSSR count). The lowest BCUT2D eigenvalue weighted by atomic mass is 9.98. The van der Waals surface area contributed by atoms with Crippen LogP contribution in [0.1, 0.15) is 44.9 Å². The highest BCUT2D eigenvalue weighted by Crippen LogP contribution is 2.34. The van der Waals surface area contributed by atoms with E-state index in [4.69, 9.17) is 5.73 Å². The number of alkyl halides is 5. The number of hydrogen-bond acceptors (Lipinski definition) is 2. The fourth-order valence-electron chi connectivity index (χ4n) is 2.29. The molecule has 0 aliphatic carbocycles. The summed E-state index contributed by atoms with van der Waals surface area (Å²) in [4.78, 5) is 11.4. The molecule has 0 atom stereocenters. The monoisotopic (exact) mass is 333 g/mol. The van der Waals surface area contributed by atoms with Crippen LogP contribution in [0.5, 0.6) is 0 Å². The van der Waals surface area contributed by atoms with Crippen LogP contribution in [0.2, 0.25) is 0 Å². The van der Waals surface area contributed by atoms with Gasteiger partial charge in [-0.1, -0.05) is 17.7 Å². The molecule has 23 heavy (non-hydrogen) atoms. The van der Waals surface area contributed by atoms with Gasteiger partial charge < -0.3 is 5.73 Å². The molecule has 0 unspecified atom stereocenters. The van der Waals surface area contributed by atoms with Crippen molar-refractivity contribution in [3.05, 3.63) is 51.8 Å². The summed E-state index contributed by atoms with van der Waals surface area (Å²) in [6.45, 7) is 1.59. The Morgan fingerprint density at radius 1 is 1.35 bits per heavy atom. The van der Waals surface area contributed by atoms with Gasteiger partial charge in [0.15, 0.2) is 0 Å². The second kappa shape index (κ2) is 5.98. The molecule has 1 heterocycles. The van der Waals surface area contributed by atoms with E-state index in [-0.39, 0.29) is 11.3 Å². The normalized spacial score (nSPS) is 12.0. The molecular weight excluding hydrogens is 321 g/mol. The Morgan fingerprint density at radius 2 is 2.00 bits per heavy atom. The van der Waals surface area contributed by atoms with E-state index in [9.17, 15) is 26.7 Å². The Bertz CT molecular complexity index is 736. The van der Waals surface area contributed by atoms with Crippen molar-refractivity contribution >= 4 is 5.91 Å². The maximum Gasteiger partial charge on any atom is 0.416 e. The first kappa shape index (κ1) is 16.9. The first-order valence-electron chi connectivity index (χ1n) is 6.43. The number of halogens is 5. The van der Waals surface area contributed by atoms with Crippen molar-refractivity contribution in [2.75, 3.05) is 0 Å². The summed E-state index contributed by atoms with van der Waals surface area (Å²) in [7, 11) is 0. The van der Waals surface area contributed by atoms with Crippen molar-refractivity contribution in [1.29, 1.82) is 0 Å². The number of carbonyl (C=O) groups is 1. The minimum absolute atomic E-state index is 0.163. The number of rotatable bonds is 4. The summed E-state index contributed by atoms with van der Waals surface area (Å²) in [5.74, 6) is -1.18. The molecule has 9 heteroatoms. The first-order chi connectivity index (χ1) is 10.6. The van der Waals surface area contributed by atoms with Crippen LogP contribution in [0.25, 0.3) is 0 Å². The van der Waals surface area contributed by atoms with Crippen molar-refractivity contribution in [2.24, 2.45) is 5.73 Å². The zero-order valence-corrected chi connectivity index (χ0v) is 11.8. The third-order valence-corrected chi connectivity index (χ3v) is 3.26. The number of benzene rings is 1. The van der Waals surface area contributed by atoms with Crippen molar-refractivity contribution in [3.8, 4) is 0 Å². The van der Waals surface area contributed by atoms with E-state index in [0.717, 1.165) is 6.07 Å². The smallest absolute Gasteiger partial charge is 0.365 e. The molecule has 0 fully saturated rings. The lowest BCUT2D eigenvalue weighted by Crippen LogP contribution is -2.16. The van der Waals surface area contributed by atoms with Gasteiger partial charge in [0.1, 0.15) is 5.69 Å². The molecule has 0 radical (unpaired) electrons. The number of aromatic nitrogens is 2. The minimum Gasteiger partial charge on any atom is -0.365 e. The molecule has 2 aromatic rings. The summed E-state index contributed by atoms with van der Waals surface area (Å²) in [5, 5.41) is 5.48. The van der Waals surface area contributed by atoms with E-state index in [1.807, 2.05) is 0 Å². The third kappa shape index (κ3) is 3.49. The van der Waals surface area contributed by atoms with Crippen molar-refractivity contribution in [1.82, 2.24) is 10.2 Å². The standard InChI is InChI=1S/C14H12F5N3O/c1-6-2-3-8(14(17,18)19)7(4-6)5-9-10(13(20)23)11(12(15)16)22-21-9/h2-4,12H,5H2,1H3,(H2,20,23)(H,21,22). The van der Waals surface area contributed by atoms with Gasteiger partial charge in [0.05, 0.1) is 16.8 Å². The van der Waals surface area contributed by atoms with Crippen LogP contribution >= 0.6 is 0 Å². The number of aromatic amines is 1. The van der Waals surface area contributed by atoms with Gasteiger partial charge in [-0.2, -0.15) is 18.3 Å². The quantitative estimate of drug-likeness (QED) is 0.842. The Morgan fingerprint density at radius 3 is 2.52 bits per heavy atom. The van der Waals surface area contributed by atoms with Gasteiger partial charge in [0.25, 0.3) is 12.3 Å². The zero-order chi connectivity index (χ0) is 17.4. The molecule has 3 N–H and O–H groups in total. The lowest BCUT2D eigenvalue weighted by Gasteiger charge is -2.13. The summed E-state index contributed by atoms with van der Waals surface area (Å²) >= 11 is 0. The topological polar surface area (TPSA) is 71.8 Å². The highest BCUT2D eigenvalue weighted by atomic mass is 19.4. The number of hydrogen-bond donors (Lipinski definition) is 2. The van der Waals surface area contributed by atoms with E-state index in [1.165, 1.54) is 12.1 Å². The highest BCUT2D eigenvalue weighted by molar-refractivity contribution is 5.95. The van der Waals surface area contributed by atoms with E-state index in [1.54, 1.807) is 6.92 Å². The second-order valence-corrected chi connectivity index (χ2v) is 4.96. The Kier molecular flexibility index (Phi) is 4.39. The predicted octanol–water partition coefficient (Wildman–Crippen LogP) is 3.36. The van der Waals surface area contributed by atoms with Crippen molar-refractivity contribution in [3.63, 3.8) is 0 Å². The van der Waals surface area contributed by atoms with Crippen LogP contribution in [0.15, 0.2) is 18.2 Å². The zero-order valence-electron chi connectivity index (χ0n) is 11.8. The number of nitrogens with two attached hydrogens (primary N) is 1. The highest BCUT2D eigenvalue weighted by Gasteiger charge is 2.34. The number of H-pyrrole nitrogens is 1. The van der Waals surface area contributed by atoms with Crippen LogP contribution in [0.3, 0.4) is 0 Å². The fourth-order valence-corrected chi connectivity index (χ4v) is 2.29. The largest absolute Gasteiger partial charge is 0.416 e. The van der Waals surface area contributed by atoms with Gasteiger partial charge >= 0.3 is 6.18 Å². The molecule has 1 aromatic heterocycles. The molecule has 0 bridgehead atoms. The maximum absolute atomic E-state index is 13.0. The Hall–Kier alpha value is -2.45. The Balaban J connectivity index is 2.52. The summed E-state index contributed by atoms with van der Waals surface area (Å²) in [5.41, 5.74) is 2.92. The average Bonchev–Trinajstić information content (AvgIpc) is 2.81. The molecule has 0 saturated carbocycles. The molecule has 1 aromatic carbocycles. The average molecular weight is 333 g/mol. The summed E-state index contributed by atoms with van der Waals surface area (Å²) in [6.07, 6.45) is -8.10. The van der Waals surface area contributed by atoms with Gasteiger partial charge in [-0.3, -0.25) is 9.89 Å². The van der Waals surface area contributed by atoms with E-state index < -0.39 is 41.8 Å². The molecule has 1 amide bonds. The van der Waals surface area contributed by atoms with E-state index in [2.05, 4.69) is 10.2 Å². The van der Waals surface area contributed by atoms with Crippen molar-refractivity contribution < 1.29 is 26.7 Å². The molecule has 4 nitrogen and oxygen atoms in total. The maximum atomic E-state index is 13.0. The van der Waals surface area contributed by atoms with E-state index >= 15 is 0 Å². The van der Waals surface area contributed by atoms with Gasteiger partial charge in [0.2, 0.25) is 0 Å². The number of carbonyl (C=O) groups excluding carboxylic acids is 1. The number of primary amides is 1. The first-order valence-corrected chi connectivity index (χ1v) is 6.43. The predicted molar refractivity (Wildman–Crippen MR) is 71.0 cm³/mol. The van der Waals surface area contributed by atoms with Crippen LogP contribution < -0.4 is 5.73 Å². The summed E-state index contributed by atoms with van der Waals surface area (Å²) < 4.78 is 64.7. The van der Waals surface area contributed by atoms with Crippen LogP contribution in [-0.2, 0) is 12.6 Å². The number of nitrogens with one attached hydrogen (secondary N) is 1. The number of amides is 1. The molecule has 124 valence electrons. The van der Waals surface area contributed by atoms with Gasteiger partial charge in [-0.15, -0.1) is 0 Å². The van der Waals surface area contributed by atoms with E-state index in [0.29, 0.717) is 5.56 Å². The SMILES string of the molecule is Cc1ccc(C(F)(F)F)c(Cc2[nH]nc(C(F)F)c2C(N)=O)c1. The van der Waals surface area contributed by atoms with Crippen LogP contribution in [0.4, 0.5) is 22.0 Å². The lowest BCUT2D eigenvalue weighted by molar-refractivity contribution is -0.138. The van der Waals surface area contributed by atoms with Gasteiger partial charge in [0, 0.05) is 6.42 Å². The Labute approximate surface area is 127 Å². The fraction of sp³-hybridized carbons (Fsp3) is 0.286. The molecule has 0 aliphatic heterocycles. The van der Waals surface area contributed by atoms with Gasteiger partial charge in [-0.25, -0.2) is 8.78 Å². The van der Waals surface area contributed by atoms with Crippen LogP contribution in [-0.4, -0.2) is 16.1 Å². The van der Waals surface area contributed by atoms with Gasteiger partial charge in [-0.05, 0) is 18.6 Å². The van der Waals surface area contributed by atoms with Crippen LogP contribution in [0, 0.1) is 6.92 Å². The summed E-state index contributed by atoms with van der Waals surface area (Å²) in [6, 6.07) is 3.47. The molecule has 0 aliphatic rings. The number of aryl methyl sites for hydroxylation is 1. The van der Waals surface area contributed by atoms with Crippen molar-refractivity contribution in [2.45, 2.75) is 25.9 Å². The third-order valence-electron chi connectivity index (χ3n) is 3.26. The number of nitrogens with zero attached hydrogens (tertiary/aromatic N) is 1. The molecule has 0 spiro atoms. The second-order valence-electron chi connectivity index (χ2n) is 4.96. The minimum atomic E-state index is -4.61. The molecular formula is C14H12F5N3O.